The number of methoxy groups -OCH3 is 1. The van der Waals surface area contributed by atoms with Crippen LogP contribution in [0.5, 0.6) is 11.5 Å². The molecule has 1 aliphatic carbocycles. The van der Waals surface area contributed by atoms with E-state index in [1.165, 1.54) is 0 Å². The monoisotopic (exact) mass is 314 g/mol. The second-order valence-corrected chi connectivity index (χ2v) is 6.51. The molecule has 0 bridgehead atoms. The number of rotatable bonds is 5. The van der Waals surface area contributed by atoms with E-state index in [-0.39, 0.29) is 11.9 Å². The van der Waals surface area contributed by atoms with Crippen molar-refractivity contribution in [3.05, 3.63) is 41.0 Å². The van der Waals surface area contributed by atoms with Crippen LogP contribution in [0.2, 0.25) is 0 Å². The summed E-state index contributed by atoms with van der Waals surface area (Å²) in [6.07, 6.45) is 5.78. The highest BCUT2D eigenvalue weighted by Gasteiger charge is 2.23. The second-order valence-electron chi connectivity index (χ2n) is 6.51. The van der Waals surface area contributed by atoms with Gasteiger partial charge in [0.2, 0.25) is 0 Å². The Labute approximate surface area is 139 Å². The van der Waals surface area contributed by atoms with Crippen molar-refractivity contribution in [1.82, 2.24) is 0 Å². The summed E-state index contributed by atoms with van der Waals surface area (Å²) in [5, 5.41) is 0. The largest absolute Gasteiger partial charge is 0.493 e. The lowest BCUT2D eigenvalue weighted by Gasteiger charge is -2.13. The van der Waals surface area contributed by atoms with Crippen LogP contribution in [-0.4, -0.2) is 19.0 Å². The van der Waals surface area contributed by atoms with Gasteiger partial charge in [0.25, 0.3) is 0 Å². The first kappa shape index (κ1) is 17.3. The summed E-state index contributed by atoms with van der Waals surface area (Å²) >= 11 is 0. The van der Waals surface area contributed by atoms with E-state index in [2.05, 4.69) is 19.9 Å². The van der Waals surface area contributed by atoms with E-state index >= 15 is 0 Å². The minimum atomic E-state index is 0.0910. The molecule has 0 saturated heterocycles. The van der Waals surface area contributed by atoms with Gasteiger partial charge >= 0.3 is 0 Å². The molecule has 0 aromatic heterocycles. The summed E-state index contributed by atoms with van der Waals surface area (Å²) < 4.78 is 11.1. The number of carbonyl (C=O) groups excluding carboxylic acids is 1. The Morgan fingerprint density at radius 3 is 2.35 bits per heavy atom. The summed E-state index contributed by atoms with van der Waals surface area (Å²) in [4.78, 5) is 12.4. The molecular weight excluding hydrogens is 288 g/mol. The quantitative estimate of drug-likeness (QED) is 0.732. The van der Waals surface area contributed by atoms with Crippen LogP contribution in [0, 0.1) is 5.92 Å². The van der Waals surface area contributed by atoms with Crippen LogP contribution in [0.25, 0.3) is 6.08 Å². The Kier molecular flexibility index (Phi) is 5.64. The normalized spacial score (nSPS) is 18.5. The SMILES string of the molecule is COc1cc(C=C2CCC(=CC(C)C)C2=O)ccc1OC(C)C. The first-order chi connectivity index (χ1) is 10.9. The van der Waals surface area contributed by atoms with Crippen LogP contribution in [0.4, 0.5) is 0 Å². The highest BCUT2D eigenvalue weighted by molar-refractivity contribution is 6.13. The molecule has 0 unspecified atom stereocenters. The van der Waals surface area contributed by atoms with Crippen molar-refractivity contribution in [2.24, 2.45) is 5.92 Å². The number of hydrogen-bond donors (Lipinski definition) is 0. The van der Waals surface area contributed by atoms with E-state index in [4.69, 9.17) is 9.47 Å². The Morgan fingerprint density at radius 1 is 1.04 bits per heavy atom. The molecule has 1 saturated carbocycles. The third-order valence-corrected chi connectivity index (χ3v) is 3.67. The van der Waals surface area contributed by atoms with Crippen LogP contribution in [0.15, 0.2) is 35.4 Å². The Balaban J connectivity index is 2.25. The van der Waals surface area contributed by atoms with Crippen molar-refractivity contribution >= 4 is 11.9 Å². The predicted octanol–water partition coefficient (Wildman–Crippen LogP) is 4.81. The Hall–Kier alpha value is -2.03. The third-order valence-electron chi connectivity index (χ3n) is 3.67. The molecule has 0 radical (unpaired) electrons. The van der Waals surface area contributed by atoms with Crippen molar-refractivity contribution in [2.45, 2.75) is 46.6 Å². The van der Waals surface area contributed by atoms with Crippen molar-refractivity contribution in [2.75, 3.05) is 7.11 Å². The highest BCUT2D eigenvalue weighted by Crippen LogP contribution is 2.32. The zero-order chi connectivity index (χ0) is 17.0. The lowest BCUT2D eigenvalue weighted by atomic mass is 10.1. The number of ketones is 1. The maximum atomic E-state index is 12.4. The van der Waals surface area contributed by atoms with Gasteiger partial charge in [0, 0.05) is 5.57 Å². The van der Waals surface area contributed by atoms with Crippen LogP contribution in [0.1, 0.15) is 46.1 Å². The van der Waals surface area contributed by atoms with E-state index in [9.17, 15) is 4.79 Å². The van der Waals surface area contributed by atoms with Gasteiger partial charge in [-0.05, 0) is 62.0 Å². The van der Waals surface area contributed by atoms with Gasteiger partial charge < -0.3 is 9.47 Å². The van der Waals surface area contributed by atoms with E-state index in [1.54, 1.807) is 7.11 Å². The van der Waals surface area contributed by atoms with Crippen LogP contribution < -0.4 is 9.47 Å². The van der Waals surface area contributed by atoms with Gasteiger partial charge in [-0.2, -0.15) is 0 Å². The maximum absolute atomic E-state index is 12.4. The molecule has 0 atom stereocenters. The molecule has 0 spiro atoms. The number of ether oxygens (including phenoxy) is 2. The van der Waals surface area contributed by atoms with Crippen LogP contribution in [-0.2, 0) is 4.79 Å². The standard InChI is InChI=1S/C20H26O3/c1-13(2)10-16-7-8-17(20(16)21)11-15-6-9-18(23-14(3)4)19(12-15)22-5/h6,9-14H,7-8H2,1-5H3. The number of benzene rings is 1. The maximum Gasteiger partial charge on any atom is 0.184 e. The summed E-state index contributed by atoms with van der Waals surface area (Å²) in [6.45, 7) is 8.16. The van der Waals surface area contributed by atoms with Crippen molar-refractivity contribution < 1.29 is 14.3 Å². The fraction of sp³-hybridized carbons (Fsp3) is 0.450. The average molecular weight is 314 g/mol. The number of carbonyl (C=O) groups is 1. The minimum Gasteiger partial charge on any atom is -0.493 e. The van der Waals surface area contributed by atoms with E-state index in [0.717, 1.165) is 35.3 Å². The molecule has 0 aliphatic heterocycles. The van der Waals surface area contributed by atoms with Gasteiger partial charge in [0.05, 0.1) is 13.2 Å². The average Bonchev–Trinajstić information content (AvgIpc) is 2.80. The molecule has 0 heterocycles. The Bertz CT molecular complexity index is 636. The molecule has 1 aliphatic rings. The number of allylic oxidation sites excluding steroid dienone is 3. The van der Waals surface area contributed by atoms with Crippen molar-refractivity contribution in [3.63, 3.8) is 0 Å². The molecule has 1 fully saturated rings. The molecule has 23 heavy (non-hydrogen) atoms. The predicted molar refractivity (Wildman–Crippen MR) is 93.9 cm³/mol. The lowest BCUT2D eigenvalue weighted by Crippen LogP contribution is -2.06. The summed E-state index contributed by atoms with van der Waals surface area (Å²) in [5.74, 6) is 2.00. The zero-order valence-corrected chi connectivity index (χ0v) is 14.7. The van der Waals surface area contributed by atoms with Gasteiger partial charge in [0.1, 0.15) is 0 Å². The first-order valence-corrected chi connectivity index (χ1v) is 8.21. The van der Waals surface area contributed by atoms with Gasteiger partial charge in [-0.3, -0.25) is 4.79 Å². The third kappa shape index (κ3) is 4.47. The van der Waals surface area contributed by atoms with E-state index < -0.39 is 0 Å². The van der Waals surface area contributed by atoms with E-state index in [1.807, 2.05) is 38.1 Å². The van der Waals surface area contributed by atoms with Gasteiger partial charge in [-0.25, -0.2) is 0 Å². The lowest BCUT2D eigenvalue weighted by molar-refractivity contribution is -0.111. The molecule has 1 aromatic carbocycles. The fourth-order valence-electron chi connectivity index (χ4n) is 2.73. The van der Waals surface area contributed by atoms with E-state index in [0.29, 0.717) is 11.7 Å². The smallest absolute Gasteiger partial charge is 0.184 e. The molecule has 124 valence electrons. The van der Waals surface area contributed by atoms with Crippen LogP contribution in [0.3, 0.4) is 0 Å². The summed E-state index contributed by atoms with van der Waals surface area (Å²) in [6, 6.07) is 5.78. The minimum absolute atomic E-state index is 0.0910. The first-order valence-electron chi connectivity index (χ1n) is 8.21. The summed E-state index contributed by atoms with van der Waals surface area (Å²) in [5.41, 5.74) is 2.78. The van der Waals surface area contributed by atoms with Crippen molar-refractivity contribution in [1.29, 1.82) is 0 Å². The second kappa shape index (κ2) is 7.49. The summed E-state index contributed by atoms with van der Waals surface area (Å²) in [7, 11) is 1.63. The molecule has 3 heteroatoms. The van der Waals surface area contributed by atoms with Crippen LogP contribution >= 0.6 is 0 Å². The number of hydrogen-bond acceptors (Lipinski definition) is 3. The molecule has 0 amide bonds. The van der Waals surface area contributed by atoms with Gasteiger partial charge in [0.15, 0.2) is 17.3 Å². The van der Waals surface area contributed by atoms with Gasteiger partial charge in [-0.15, -0.1) is 0 Å². The number of Topliss-reactive ketones (excluding diaryl/α,β-unsaturated/α-hetero) is 1. The molecule has 1 aromatic rings. The molecular formula is C20H26O3. The van der Waals surface area contributed by atoms with Crippen molar-refractivity contribution in [3.8, 4) is 11.5 Å². The molecule has 3 nitrogen and oxygen atoms in total. The highest BCUT2D eigenvalue weighted by atomic mass is 16.5. The molecule has 0 N–H and O–H groups in total. The molecule has 2 rings (SSSR count). The zero-order valence-electron chi connectivity index (χ0n) is 14.7. The Morgan fingerprint density at radius 2 is 1.74 bits per heavy atom. The fourth-order valence-corrected chi connectivity index (χ4v) is 2.73. The van der Waals surface area contributed by atoms with Gasteiger partial charge in [-0.1, -0.05) is 26.0 Å². The topological polar surface area (TPSA) is 35.5 Å².